The lowest BCUT2D eigenvalue weighted by atomic mass is 10.1. The van der Waals surface area contributed by atoms with Crippen molar-refractivity contribution in [1.29, 1.82) is 0 Å². The van der Waals surface area contributed by atoms with Crippen molar-refractivity contribution in [3.8, 4) is 28.5 Å². The van der Waals surface area contributed by atoms with Crippen molar-refractivity contribution >= 4 is 28.1 Å². The third-order valence-electron chi connectivity index (χ3n) is 4.27. The Morgan fingerprint density at radius 3 is 2.55 bits per heavy atom. The molecule has 1 aromatic heterocycles. The van der Waals surface area contributed by atoms with Gasteiger partial charge in [0, 0.05) is 29.1 Å². The number of ether oxygens (including phenoxy) is 3. The predicted molar refractivity (Wildman–Crippen MR) is 113 cm³/mol. The molecular weight excluding hydrogens is 467 g/mol. The molecule has 0 saturated carbocycles. The molecule has 2 aromatic carbocycles. The lowest BCUT2D eigenvalue weighted by Gasteiger charge is -2.13. The van der Waals surface area contributed by atoms with Crippen LogP contribution in [0.5, 0.6) is 17.2 Å². The van der Waals surface area contributed by atoms with Crippen molar-refractivity contribution < 1.29 is 37.1 Å². The molecule has 0 spiro atoms. The Hall–Kier alpha value is -3.87. The standard InChI is InChI=1S/C20H16F3N3O6S/c1-30-12-4-5-13(17(8-12)31-2)15-10-33-19(24-15)25-18(27)9-32-16-6-3-11(26(28)29)7-14(16)20(21,22)23/h3-8,10H,9H2,1-2H3,(H,24,25,27). The number of carbonyl (C=O) groups excluding carboxylic acids is 1. The SMILES string of the molecule is COc1ccc(-c2csc(NC(=O)COc3ccc([N+](=O)[O-])cc3C(F)(F)F)n2)c(OC)c1. The van der Waals surface area contributed by atoms with E-state index in [2.05, 4.69) is 10.3 Å². The van der Waals surface area contributed by atoms with E-state index < -0.39 is 40.6 Å². The molecule has 3 aromatic rings. The zero-order valence-electron chi connectivity index (χ0n) is 17.1. The topological polar surface area (TPSA) is 113 Å². The molecule has 33 heavy (non-hydrogen) atoms. The molecule has 13 heteroatoms. The fourth-order valence-corrected chi connectivity index (χ4v) is 3.47. The van der Waals surface area contributed by atoms with Gasteiger partial charge in [-0.05, 0) is 18.2 Å². The number of nitrogens with zero attached hydrogens (tertiary/aromatic N) is 2. The van der Waals surface area contributed by atoms with E-state index in [4.69, 9.17) is 14.2 Å². The van der Waals surface area contributed by atoms with Gasteiger partial charge >= 0.3 is 6.18 Å². The maximum absolute atomic E-state index is 13.2. The van der Waals surface area contributed by atoms with Gasteiger partial charge in [-0.2, -0.15) is 13.2 Å². The number of nitro benzene ring substituents is 1. The molecule has 0 aliphatic rings. The first-order chi connectivity index (χ1) is 15.6. The van der Waals surface area contributed by atoms with Crippen LogP contribution in [0.1, 0.15) is 5.56 Å². The Morgan fingerprint density at radius 2 is 1.91 bits per heavy atom. The van der Waals surface area contributed by atoms with Crippen LogP contribution in [-0.4, -0.2) is 36.6 Å². The number of aromatic nitrogens is 1. The molecule has 0 saturated heterocycles. The number of amides is 1. The van der Waals surface area contributed by atoms with Gasteiger partial charge in [-0.1, -0.05) is 0 Å². The highest BCUT2D eigenvalue weighted by molar-refractivity contribution is 7.14. The summed E-state index contributed by atoms with van der Waals surface area (Å²) < 4.78 is 55.1. The number of hydrogen-bond acceptors (Lipinski definition) is 8. The number of rotatable bonds is 8. The van der Waals surface area contributed by atoms with E-state index in [1.54, 1.807) is 23.6 Å². The molecule has 0 fully saturated rings. The van der Waals surface area contributed by atoms with Crippen LogP contribution < -0.4 is 19.5 Å². The molecule has 1 amide bonds. The number of hydrogen-bond donors (Lipinski definition) is 1. The molecule has 0 unspecified atom stereocenters. The second-order valence-electron chi connectivity index (χ2n) is 6.38. The first kappa shape index (κ1) is 23.8. The maximum atomic E-state index is 13.2. The van der Waals surface area contributed by atoms with Gasteiger partial charge in [0.2, 0.25) is 0 Å². The third kappa shape index (κ3) is 5.68. The number of anilines is 1. The number of thiazole rings is 1. The normalized spacial score (nSPS) is 11.1. The molecule has 0 atom stereocenters. The second-order valence-corrected chi connectivity index (χ2v) is 7.23. The van der Waals surface area contributed by atoms with Crippen LogP contribution in [0.25, 0.3) is 11.3 Å². The van der Waals surface area contributed by atoms with E-state index in [1.807, 2.05) is 0 Å². The Bertz CT molecular complexity index is 1180. The highest BCUT2D eigenvalue weighted by Gasteiger charge is 2.36. The monoisotopic (exact) mass is 483 g/mol. The summed E-state index contributed by atoms with van der Waals surface area (Å²) in [7, 11) is 3.00. The summed E-state index contributed by atoms with van der Waals surface area (Å²) in [5.41, 5.74) is -0.950. The van der Waals surface area contributed by atoms with Crippen molar-refractivity contribution in [2.75, 3.05) is 26.1 Å². The summed E-state index contributed by atoms with van der Waals surface area (Å²) in [6.45, 7) is -0.762. The summed E-state index contributed by atoms with van der Waals surface area (Å²) in [5.74, 6) is -0.380. The van der Waals surface area contributed by atoms with Crippen molar-refractivity contribution in [3.05, 3.63) is 57.5 Å². The molecule has 1 heterocycles. The first-order valence-electron chi connectivity index (χ1n) is 9.08. The van der Waals surface area contributed by atoms with E-state index in [0.29, 0.717) is 28.8 Å². The van der Waals surface area contributed by atoms with Crippen LogP contribution in [0.4, 0.5) is 24.0 Å². The van der Waals surface area contributed by atoms with Gasteiger partial charge in [0.15, 0.2) is 11.7 Å². The van der Waals surface area contributed by atoms with E-state index in [-0.39, 0.29) is 5.13 Å². The van der Waals surface area contributed by atoms with Crippen molar-refractivity contribution in [2.24, 2.45) is 0 Å². The molecule has 3 rings (SSSR count). The predicted octanol–water partition coefficient (Wildman–Crippen LogP) is 4.77. The number of nitro groups is 1. The van der Waals surface area contributed by atoms with Gasteiger partial charge in [-0.3, -0.25) is 20.2 Å². The van der Waals surface area contributed by atoms with Gasteiger partial charge < -0.3 is 14.2 Å². The third-order valence-corrected chi connectivity index (χ3v) is 5.03. The summed E-state index contributed by atoms with van der Waals surface area (Å²) >= 11 is 1.10. The van der Waals surface area contributed by atoms with Crippen LogP contribution in [0.3, 0.4) is 0 Å². The van der Waals surface area contributed by atoms with Crippen LogP contribution >= 0.6 is 11.3 Å². The average molecular weight is 483 g/mol. The van der Waals surface area contributed by atoms with Gasteiger partial charge in [-0.25, -0.2) is 4.98 Å². The second kappa shape index (κ2) is 9.73. The molecule has 0 aliphatic carbocycles. The Kier molecular flexibility index (Phi) is 7.01. The first-order valence-corrected chi connectivity index (χ1v) is 9.96. The average Bonchev–Trinajstić information content (AvgIpc) is 3.24. The fourth-order valence-electron chi connectivity index (χ4n) is 2.74. The number of alkyl halides is 3. The largest absolute Gasteiger partial charge is 0.497 e. The minimum atomic E-state index is -4.90. The zero-order chi connectivity index (χ0) is 24.2. The smallest absolute Gasteiger partial charge is 0.420 e. The number of methoxy groups -OCH3 is 2. The Morgan fingerprint density at radius 1 is 1.15 bits per heavy atom. The number of carbonyl (C=O) groups is 1. The van der Waals surface area contributed by atoms with Gasteiger partial charge in [0.1, 0.15) is 22.8 Å². The van der Waals surface area contributed by atoms with Crippen molar-refractivity contribution in [2.45, 2.75) is 6.18 Å². The number of benzene rings is 2. The summed E-state index contributed by atoms with van der Waals surface area (Å²) in [6.07, 6.45) is -4.90. The number of halogens is 3. The van der Waals surface area contributed by atoms with Crippen LogP contribution in [-0.2, 0) is 11.0 Å². The highest BCUT2D eigenvalue weighted by atomic mass is 32.1. The van der Waals surface area contributed by atoms with E-state index in [0.717, 1.165) is 23.5 Å². The summed E-state index contributed by atoms with van der Waals surface area (Å²) in [6, 6.07) is 7.12. The van der Waals surface area contributed by atoms with Crippen LogP contribution in [0.2, 0.25) is 0 Å². The molecule has 0 aliphatic heterocycles. The zero-order valence-corrected chi connectivity index (χ0v) is 18.0. The molecule has 0 radical (unpaired) electrons. The molecular formula is C20H16F3N3O6S. The lowest BCUT2D eigenvalue weighted by Crippen LogP contribution is -2.21. The fraction of sp³-hybridized carbons (Fsp3) is 0.200. The molecule has 0 bridgehead atoms. The molecule has 9 nitrogen and oxygen atoms in total. The van der Waals surface area contributed by atoms with Crippen LogP contribution in [0.15, 0.2) is 41.8 Å². The number of non-ortho nitro benzene ring substituents is 1. The summed E-state index contributed by atoms with van der Waals surface area (Å²) in [5, 5.41) is 15.0. The molecule has 174 valence electrons. The minimum Gasteiger partial charge on any atom is -0.497 e. The highest BCUT2D eigenvalue weighted by Crippen LogP contribution is 2.38. The number of nitrogens with one attached hydrogen (secondary N) is 1. The molecule has 1 N–H and O–H groups in total. The van der Waals surface area contributed by atoms with E-state index >= 15 is 0 Å². The van der Waals surface area contributed by atoms with Gasteiger partial charge in [0.05, 0.1) is 24.8 Å². The minimum absolute atomic E-state index is 0.191. The lowest BCUT2D eigenvalue weighted by molar-refractivity contribution is -0.385. The van der Waals surface area contributed by atoms with Crippen molar-refractivity contribution in [1.82, 2.24) is 4.98 Å². The van der Waals surface area contributed by atoms with Gasteiger partial charge in [-0.15, -0.1) is 11.3 Å². The summed E-state index contributed by atoms with van der Waals surface area (Å²) in [4.78, 5) is 26.3. The quantitative estimate of drug-likeness (QED) is 0.363. The maximum Gasteiger partial charge on any atom is 0.420 e. The van der Waals surface area contributed by atoms with Crippen molar-refractivity contribution in [3.63, 3.8) is 0 Å². The van der Waals surface area contributed by atoms with E-state index in [9.17, 15) is 28.1 Å². The van der Waals surface area contributed by atoms with Crippen LogP contribution in [0, 0.1) is 10.1 Å². The van der Waals surface area contributed by atoms with E-state index in [1.165, 1.54) is 14.2 Å². The Labute approximate surface area is 188 Å². The Balaban J connectivity index is 1.70. The van der Waals surface area contributed by atoms with Gasteiger partial charge in [0.25, 0.3) is 11.6 Å².